The molecule has 98 valence electrons. The Morgan fingerprint density at radius 1 is 1.11 bits per heavy atom. The highest BCUT2D eigenvalue weighted by molar-refractivity contribution is 6.35. The number of hydrogen-bond donors (Lipinski definition) is 1. The number of ether oxygens (including phenoxy) is 1. The Labute approximate surface area is 120 Å². The molecule has 5 heteroatoms. The normalized spacial score (nSPS) is 10.2. The van der Waals surface area contributed by atoms with E-state index in [0.29, 0.717) is 22.4 Å². The maximum atomic E-state index is 10.7. The molecule has 0 atom stereocenters. The Morgan fingerprint density at radius 3 is 2.37 bits per heavy atom. The third-order valence-electron chi connectivity index (χ3n) is 2.49. The van der Waals surface area contributed by atoms with Gasteiger partial charge < -0.3 is 9.84 Å². The molecule has 0 heterocycles. The molecule has 0 aromatic heterocycles. The zero-order valence-corrected chi connectivity index (χ0v) is 11.3. The first-order valence-electron chi connectivity index (χ1n) is 5.46. The van der Waals surface area contributed by atoms with Gasteiger partial charge >= 0.3 is 5.97 Å². The molecule has 3 nitrogen and oxygen atoms in total. The van der Waals surface area contributed by atoms with Crippen LogP contribution in [0, 0.1) is 0 Å². The van der Waals surface area contributed by atoms with Crippen LogP contribution in [0.2, 0.25) is 10.0 Å². The van der Waals surface area contributed by atoms with E-state index in [1.54, 1.807) is 30.3 Å². The number of benzene rings is 2. The molecule has 0 spiro atoms. The summed E-state index contributed by atoms with van der Waals surface area (Å²) in [5.41, 5.74) is 1.10. The molecule has 2 rings (SSSR count). The van der Waals surface area contributed by atoms with Gasteiger partial charge in [0.15, 0.2) is 0 Å². The lowest BCUT2D eigenvalue weighted by Gasteiger charge is -2.08. The van der Waals surface area contributed by atoms with Crippen LogP contribution in [0.3, 0.4) is 0 Å². The smallest absolute Gasteiger partial charge is 0.335 e. The lowest BCUT2D eigenvalue weighted by Crippen LogP contribution is -1.99. The van der Waals surface area contributed by atoms with Crippen molar-refractivity contribution < 1.29 is 14.6 Å². The molecule has 0 amide bonds. The minimum Gasteiger partial charge on any atom is -0.487 e. The highest BCUT2D eigenvalue weighted by atomic mass is 35.5. The van der Waals surface area contributed by atoms with Crippen molar-refractivity contribution >= 4 is 29.2 Å². The summed E-state index contributed by atoms with van der Waals surface area (Å²) in [6.45, 7) is 0.307. The van der Waals surface area contributed by atoms with Crippen LogP contribution in [0.15, 0.2) is 42.5 Å². The largest absolute Gasteiger partial charge is 0.487 e. The van der Waals surface area contributed by atoms with Crippen LogP contribution >= 0.6 is 23.2 Å². The molecule has 0 saturated carbocycles. The maximum Gasteiger partial charge on any atom is 0.335 e. The SMILES string of the molecule is O=C(O)c1ccc(COc2ccc(Cl)cc2Cl)cc1. The first kappa shape index (κ1) is 13.7. The van der Waals surface area contributed by atoms with E-state index in [9.17, 15) is 4.79 Å². The number of carboxylic acid groups (broad SMARTS) is 1. The van der Waals surface area contributed by atoms with Crippen LogP contribution in [0.5, 0.6) is 5.75 Å². The summed E-state index contributed by atoms with van der Waals surface area (Å²) >= 11 is 11.8. The molecule has 1 N–H and O–H groups in total. The predicted octanol–water partition coefficient (Wildman–Crippen LogP) is 4.27. The Hall–Kier alpha value is -1.71. The summed E-state index contributed by atoms with van der Waals surface area (Å²) in [5, 5.41) is 9.77. The molecule has 0 bridgehead atoms. The minimum absolute atomic E-state index is 0.244. The second kappa shape index (κ2) is 5.95. The average Bonchev–Trinajstić information content (AvgIpc) is 2.38. The average molecular weight is 297 g/mol. The molecule has 0 fully saturated rings. The van der Waals surface area contributed by atoms with E-state index in [-0.39, 0.29) is 5.56 Å². The van der Waals surface area contributed by atoms with E-state index in [0.717, 1.165) is 5.56 Å². The first-order chi connectivity index (χ1) is 9.06. The van der Waals surface area contributed by atoms with Gasteiger partial charge in [-0.2, -0.15) is 0 Å². The van der Waals surface area contributed by atoms with E-state index in [2.05, 4.69) is 0 Å². The molecule has 0 radical (unpaired) electrons. The Balaban J connectivity index is 2.04. The molecule has 19 heavy (non-hydrogen) atoms. The zero-order valence-electron chi connectivity index (χ0n) is 9.77. The maximum absolute atomic E-state index is 10.7. The van der Waals surface area contributed by atoms with Gasteiger partial charge in [0.25, 0.3) is 0 Å². The quantitative estimate of drug-likeness (QED) is 0.916. The van der Waals surface area contributed by atoms with Crippen LogP contribution < -0.4 is 4.74 Å². The fourth-order valence-electron chi connectivity index (χ4n) is 1.50. The van der Waals surface area contributed by atoms with Gasteiger partial charge in [0, 0.05) is 5.02 Å². The summed E-state index contributed by atoms with van der Waals surface area (Å²) in [5.74, 6) is -0.415. The van der Waals surface area contributed by atoms with E-state index in [1.165, 1.54) is 12.1 Å². The van der Waals surface area contributed by atoms with Gasteiger partial charge in [0.1, 0.15) is 12.4 Å². The Kier molecular flexibility index (Phi) is 4.30. The van der Waals surface area contributed by atoms with Gasteiger partial charge in [-0.15, -0.1) is 0 Å². The van der Waals surface area contributed by atoms with Crippen molar-refractivity contribution in [1.82, 2.24) is 0 Å². The molecule has 2 aromatic carbocycles. The highest BCUT2D eigenvalue weighted by Crippen LogP contribution is 2.28. The number of carboxylic acids is 1. The molecule has 0 unspecified atom stereocenters. The van der Waals surface area contributed by atoms with Crippen LogP contribution in [0.25, 0.3) is 0 Å². The number of aromatic carboxylic acids is 1. The van der Waals surface area contributed by atoms with Crippen molar-refractivity contribution in [2.24, 2.45) is 0 Å². The number of hydrogen-bond acceptors (Lipinski definition) is 2. The molecule has 2 aromatic rings. The molecule has 0 aliphatic heterocycles. The predicted molar refractivity (Wildman–Crippen MR) is 74.2 cm³/mol. The summed E-state index contributed by atoms with van der Waals surface area (Å²) in [6, 6.07) is 11.5. The standard InChI is InChI=1S/C14H10Cl2O3/c15-11-5-6-13(12(16)7-11)19-8-9-1-3-10(4-2-9)14(17)18/h1-7H,8H2,(H,17,18). The lowest BCUT2D eigenvalue weighted by atomic mass is 10.1. The van der Waals surface area contributed by atoms with Crippen molar-refractivity contribution in [2.75, 3.05) is 0 Å². The summed E-state index contributed by atoms with van der Waals surface area (Å²) in [7, 11) is 0. The molecule has 0 saturated heterocycles. The Bertz CT molecular complexity index is 594. The van der Waals surface area contributed by atoms with Crippen molar-refractivity contribution in [1.29, 1.82) is 0 Å². The third kappa shape index (κ3) is 3.63. The highest BCUT2D eigenvalue weighted by Gasteiger charge is 2.04. The van der Waals surface area contributed by atoms with Gasteiger partial charge in [-0.05, 0) is 35.9 Å². The second-order valence-corrected chi connectivity index (χ2v) is 4.71. The van der Waals surface area contributed by atoms with Crippen LogP contribution in [0.1, 0.15) is 15.9 Å². The summed E-state index contributed by atoms with van der Waals surface area (Å²) in [4.78, 5) is 10.7. The van der Waals surface area contributed by atoms with E-state index >= 15 is 0 Å². The monoisotopic (exact) mass is 296 g/mol. The molecular formula is C14H10Cl2O3. The fourth-order valence-corrected chi connectivity index (χ4v) is 1.96. The first-order valence-corrected chi connectivity index (χ1v) is 6.22. The zero-order chi connectivity index (χ0) is 13.8. The fraction of sp³-hybridized carbons (Fsp3) is 0.0714. The lowest BCUT2D eigenvalue weighted by molar-refractivity contribution is 0.0697. The van der Waals surface area contributed by atoms with E-state index in [4.69, 9.17) is 33.0 Å². The van der Waals surface area contributed by atoms with Crippen LogP contribution in [0.4, 0.5) is 0 Å². The number of rotatable bonds is 4. The van der Waals surface area contributed by atoms with Crippen molar-refractivity contribution in [3.05, 3.63) is 63.6 Å². The van der Waals surface area contributed by atoms with Gasteiger partial charge in [0.05, 0.1) is 10.6 Å². The Morgan fingerprint density at radius 2 is 1.79 bits per heavy atom. The second-order valence-electron chi connectivity index (χ2n) is 3.87. The van der Waals surface area contributed by atoms with Crippen LogP contribution in [-0.4, -0.2) is 11.1 Å². The number of carbonyl (C=O) groups is 1. The van der Waals surface area contributed by atoms with Crippen molar-refractivity contribution in [3.8, 4) is 5.75 Å². The van der Waals surface area contributed by atoms with Gasteiger partial charge in [-0.3, -0.25) is 0 Å². The molecular weight excluding hydrogens is 287 g/mol. The summed E-state index contributed by atoms with van der Waals surface area (Å²) in [6.07, 6.45) is 0. The van der Waals surface area contributed by atoms with E-state index < -0.39 is 5.97 Å². The van der Waals surface area contributed by atoms with Crippen LogP contribution in [-0.2, 0) is 6.61 Å². The van der Waals surface area contributed by atoms with Gasteiger partial charge in [-0.25, -0.2) is 4.79 Å². The van der Waals surface area contributed by atoms with E-state index in [1.807, 2.05) is 0 Å². The van der Waals surface area contributed by atoms with Crippen molar-refractivity contribution in [3.63, 3.8) is 0 Å². The van der Waals surface area contributed by atoms with Gasteiger partial charge in [0.2, 0.25) is 0 Å². The molecule has 0 aliphatic rings. The third-order valence-corrected chi connectivity index (χ3v) is 3.02. The molecule has 0 aliphatic carbocycles. The van der Waals surface area contributed by atoms with Crippen molar-refractivity contribution in [2.45, 2.75) is 6.61 Å². The topological polar surface area (TPSA) is 46.5 Å². The minimum atomic E-state index is -0.951. The summed E-state index contributed by atoms with van der Waals surface area (Å²) < 4.78 is 5.54. The number of halogens is 2. The van der Waals surface area contributed by atoms with Gasteiger partial charge in [-0.1, -0.05) is 35.3 Å².